The van der Waals surface area contributed by atoms with E-state index in [0.717, 1.165) is 27.3 Å². The predicted octanol–water partition coefficient (Wildman–Crippen LogP) is 3.32. The van der Waals surface area contributed by atoms with Crippen molar-refractivity contribution in [3.05, 3.63) is 30.3 Å². The van der Waals surface area contributed by atoms with E-state index in [0.29, 0.717) is 5.16 Å². The number of hydrogen-bond acceptors (Lipinski definition) is 1. The Balaban J connectivity index is 1.98. The molecule has 1 aliphatic rings. The minimum absolute atomic E-state index is 0.0397. The zero-order valence-corrected chi connectivity index (χ0v) is 11.8. The van der Waals surface area contributed by atoms with Crippen LogP contribution in [0.15, 0.2) is 30.3 Å². The van der Waals surface area contributed by atoms with Crippen molar-refractivity contribution >= 4 is 13.9 Å². The van der Waals surface area contributed by atoms with Gasteiger partial charge in [0.05, 0.1) is 6.10 Å². The van der Waals surface area contributed by atoms with Crippen molar-refractivity contribution < 1.29 is 5.11 Å². The molecule has 17 heavy (non-hydrogen) atoms. The van der Waals surface area contributed by atoms with Crippen LogP contribution in [0.3, 0.4) is 0 Å². The van der Waals surface area contributed by atoms with E-state index >= 15 is 0 Å². The molecule has 2 heteroatoms. The van der Waals surface area contributed by atoms with E-state index in [1.165, 1.54) is 18.1 Å². The van der Waals surface area contributed by atoms with Gasteiger partial charge in [0.1, 0.15) is 0 Å². The molecule has 0 radical (unpaired) electrons. The lowest BCUT2D eigenvalue weighted by Gasteiger charge is -2.38. The minimum Gasteiger partial charge on any atom is -0.393 e. The second-order valence-electron chi connectivity index (χ2n) is 5.72. The zero-order chi connectivity index (χ0) is 12.3. The maximum atomic E-state index is 9.58. The molecule has 0 aliphatic heterocycles. The largest absolute Gasteiger partial charge is 0.393 e. The average molecular weight is 250 g/mol. The van der Waals surface area contributed by atoms with Crippen molar-refractivity contribution in [1.29, 1.82) is 0 Å². The first-order chi connectivity index (χ1) is 8.08. The first-order valence-electron chi connectivity index (χ1n) is 6.59. The molecule has 0 saturated heterocycles. The Kier molecular flexibility index (Phi) is 4.22. The van der Waals surface area contributed by atoms with Crippen molar-refractivity contribution in [3.8, 4) is 0 Å². The van der Waals surface area contributed by atoms with E-state index in [4.69, 9.17) is 0 Å². The van der Waals surface area contributed by atoms with Gasteiger partial charge in [0.25, 0.3) is 0 Å². The molecule has 1 fully saturated rings. The SMILES string of the molecule is CC(C)(Pc1ccccc1)C1CCC(O)CC1. The summed E-state index contributed by atoms with van der Waals surface area (Å²) in [4.78, 5) is 0. The van der Waals surface area contributed by atoms with Crippen molar-refractivity contribution in [2.24, 2.45) is 5.92 Å². The van der Waals surface area contributed by atoms with Gasteiger partial charge in [0.15, 0.2) is 0 Å². The Labute approximate surface area is 106 Å². The number of hydrogen-bond donors (Lipinski definition) is 1. The third-order valence-corrected chi connectivity index (χ3v) is 5.63. The first-order valence-corrected chi connectivity index (χ1v) is 7.59. The van der Waals surface area contributed by atoms with Crippen molar-refractivity contribution in [2.75, 3.05) is 0 Å². The smallest absolute Gasteiger partial charge is 0.0540 e. The van der Waals surface area contributed by atoms with E-state index in [2.05, 4.69) is 44.2 Å². The Morgan fingerprint density at radius 1 is 1.06 bits per heavy atom. The molecule has 0 bridgehead atoms. The Bertz CT molecular complexity index is 339. The molecule has 1 nitrogen and oxygen atoms in total. The van der Waals surface area contributed by atoms with Crippen LogP contribution < -0.4 is 5.30 Å². The van der Waals surface area contributed by atoms with E-state index in [1.807, 2.05) is 0 Å². The second kappa shape index (κ2) is 5.50. The fourth-order valence-corrected chi connectivity index (χ4v) is 4.39. The summed E-state index contributed by atoms with van der Waals surface area (Å²) in [7, 11) is 0.873. The van der Waals surface area contributed by atoms with Gasteiger partial charge in [0.2, 0.25) is 0 Å². The third kappa shape index (κ3) is 3.53. The summed E-state index contributed by atoms with van der Waals surface area (Å²) in [6.07, 6.45) is 4.32. The highest BCUT2D eigenvalue weighted by Crippen LogP contribution is 2.44. The fraction of sp³-hybridized carbons (Fsp3) is 0.600. The van der Waals surface area contributed by atoms with Gasteiger partial charge in [-0.3, -0.25) is 0 Å². The molecule has 1 saturated carbocycles. The highest BCUT2D eigenvalue weighted by molar-refractivity contribution is 7.48. The van der Waals surface area contributed by atoms with Crippen LogP contribution >= 0.6 is 8.58 Å². The molecule has 1 aromatic rings. The summed E-state index contributed by atoms with van der Waals surface area (Å²) in [5.74, 6) is 0.768. The third-order valence-electron chi connectivity index (χ3n) is 3.96. The number of aliphatic hydroxyl groups excluding tert-OH is 1. The second-order valence-corrected chi connectivity index (χ2v) is 7.83. The maximum Gasteiger partial charge on any atom is 0.0540 e. The number of benzene rings is 1. The first kappa shape index (κ1) is 13.1. The summed E-state index contributed by atoms with van der Waals surface area (Å²) in [5.41, 5.74) is 0. The van der Waals surface area contributed by atoms with Crippen LogP contribution in [0.5, 0.6) is 0 Å². The Morgan fingerprint density at radius 2 is 1.65 bits per heavy atom. The maximum absolute atomic E-state index is 9.58. The van der Waals surface area contributed by atoms with Crippen LogP contribution in [0.25, 0.3) is 0 Å². The molecule has 1 aliphatic carbocycles. The quantitative estimate of drug-likeness (QED) is 0.816. The summed E-state index contributed by atoms with van der Waals surface area (Å²) in [5, 5.41) is 11.4. The van der Waals surface area contributed by atoms with Gasteiger partial charge < -0.3 is 5.11 Å². The topological polar surface area (TPSA) is 20.2 Å². The summed E-state index contributed by atoms with van der Waals surface area (Å²) < 4.78 is 0. The average Bonchev–Trinajstić information content (AvgIpc) is 2.30. The van der Waals surface area contributed by atoms with E-state index in [1.54, 1.807) is 0 Å². The van der Waals surface area contributed by atoms with E-state index in [-0.39, 0.29) is 6.10 Å². The number of aliphatic hydroxyl groups is 1. The summed E-state index contributed by atoms with van der Waals surface area (Å²) in [6.45, 7) is 4.78. The molecule has 2 rings (SSSR count). The molecular weight excluding hydrogens is 227 g/mol. The van der Waals surface area contributed by atoms with Gasteiger partial charge in [-0.25, -0.2) is 0 Å². The van der Waals surface area contributed by atoms with Crippen molar-refractivity contribution in [3.63, 3.8) is 0 Å². The lowest BCUT2D eigenvalue weighted by atomic mass is 9.80. The van der Waals surface area contributed by atoms with Gasteiger partial charge in [-0.2, -0.15) is 0 Å². The molecule has 1 aromatic carbocycles. The van der Waals surface area contributed by atoms with Gasteiger partial charge in [-0.15, -0.1) is 0 Å². The highest BCUT2D eigenvalue weighted by Gasteiger charge is 2.32. The fourth-order valence-electron chi connectivity index (χ4n) is 2.79. The van der Waals surface area contributed by atoms with E-state index < -0.39 is 0 Å². The minimum atomic E-state index is -0.0397. The molecule has 1 unspecified atom stereocenters. The zero-order valence-electron chi connectivity index (χ0n) is 10.8. The summed E-state index contributed by atoms with van der Waals surface area (Å²) >= 11 is 0. The van der Waals surface area contributed by atoms with Crippen LogP contribution in [-0.2, 0) is 0 Å². The van der Waals surface area contributed by atoms with Crippen LogP contribution in [0.4, 0.5) is 0 Å². The molecular formula is C15H23OP. The Morgan fingerprint density at radius 3 is 2.24 bits per heavy atom. The standard InChI is InChI=1S/C15H23OP/c1-15(2,12-8-10-13(16)11-9-12)17-14-6-4-3-5-7-14/h3-7,12-13,16-17H,8-11H2,1-2H3. The van der Waals surface area contributed by atoms with Crippen LogP contribution in [0, 0.1) is 5.92 Å². The molecule has 94 valence electrons. The molecule has 0 amide bonds. The van der Waals surface area contributed by atoms with Gasteiger partial charge in [0, 0.05) is 0 Å². The van der Waals surface area contributed by atoms with Crippen LogP contribution in [-0.4, -0.2) is 16.4 Å². The van der Waals surface area contributed by atoms with Gasteiger partial charge in [-0.05, 0) is 42.1 Å². The lowest BCUT2D eigenvalue weighted by Crippen LogP contribution is -2.33. The number of rotatable bonds is 3. The van der Waals surface area contributed by atoms with Crippen LogP contribution in [0.1, 0.15) is 39.5 Å². The molecule has 1 atom stereocenters. The van der Waals surface area contributed by atoms with E-state index in [9.17, 15) is 5.11 Å². The van der Waals surface area contributed by atoms with Crippen molar-refractivity contribution in [2.45, 2.75) is 50.8 Å². The predicted molar refractivity (Wildman–Crippen MR) is 76.4 cm³/mol. The van der Waals surface area contributed by atoms with Gasteiger partial charge in [-0.1, -0.05) is 52.8 Å². The highest BCUT2D eigenvalue weighted by atomic mass is 31.1. The molecule has 0 heterocycles. The molecule has 1 N–H and O–H groups in total. The Hall–Kier alpha value is -0.390. The van der Waals surface area contributed by atoms with Crippen LogP contribution in [0.2, 0.25) is 0 Å². The van der Waals surface area contributed by atoms with Crippen molar-refractivity contribution in [1.82, 2.24) is 0 Å². The monoisotopic (exact) mass is 250 g/mol. The lowest BCUT2D eigenvalue weighted by molar-refractivity contribution is 0.101. The molecule has 0 aromatic heterocycles. The summed E-state index contributed by atoms with van der Waals surface area (Å²) in [6, 6.07) is 10.8. The van der Waals surface area contributed by atoms with Gasteiger partial charge >= 0.3 is 0 Å². The normalized spacial score (nSPS) is 26.5. The molecule has 0 spiro atoms.